The molecule has 1 aromatic rings. The third-order valence-corrected chi connectivity index (χ3v) is 3.38. The van der Waals surface area contributed by atoms with Crippen LogP contribution in [-0.2, 0) is 20.9 Å². The van der Waals surface area contributed by atoms with Crippen molar-refractivity contribution in [1.82, 2.24) is 4.90 Å². The zero-order chi connectivity index (χ0) is 12.7. The zero-order valence-corrected chi connectivity index (χ0v) is 9.70. The maximum atomic E-state index is 12.0. The number of aromatic hydroxyl groups is 1. The maximum absolute atomic E-state index is 12.0. The molecule has 5 heteroatoms. The van der Waals surface area contributed by atoms with Crippen molar-refractivity contribution in [1.29, 1.82) is 0 Å². The Morgan fingerprint density at radius 1 is 1.11 bits per heavy atom. The average molecular weight is 247 g/mol. The molecule has 2 fully saturated rings. The van der Waals surface area contributed by atoms with Crippen LogP contribution in [0.2, 0.25) is 0 Å². The molecule has 2 atom stereocenters. The van der Waals surface area contributed by atoms with Crippen LogP contribution in [0.1, 0.15) is 18.4 Å². The summed E-state index contributed by atoms with van der Waals surface area (Å²) in [6.07, 6.45) is 0.345. The van der Waals surface area contributed by atoms with E-state index in [1.807, 2.05) is 0 Å². The van der Waals surface area contributed by atoms with E-state index in [2.05, 4.69) is 0 Å². The Morgan fingerprint density at radius 3 is 2.22 bits per heavy atom. The Labute approximate surface area is 104 Å². The first-order valence-corrected chi connectivity index (χ1v) is 5.94. The smallest absolute Gasteiger partial charge is 0.258 e. The Bertz CT molecular complexity index is 474. The first-order valence-electron chi connectivity index (χ1n) is 5.94. The lowest BCUT2D eigenvalue weighted by molar-refractivity contribution is -0.169. The number of benzene rings is 1. The predicted octanol–water partition coefficient (Wildman–Crippen LogP) is 0.809. The molecule has 0 spiro atoms. The van der Waals surface area contributed by atoms with Gasteiger partial charge in [-0.2, -0.15) is 0 Å². The fraction of sp³-hybridized carbons (Fsp3) is 0.385. The van der Waals surface area contributed by atoms with Gasteiger partial charge in [0.25, 0.3) is 11.8 Å². The molecule has 0 aromatic heterocycles. The summed E-state index contributed by atoms with van der Waals surface area (Å²) < 4.78 is 5.33. The number of morpholine rings is 1. The Hall–Kier alpha value is -1.88. The number of ether oxygens (including phenoxy) is 1. The van der Waals surface area contributed by atoms with Gasteiger partial charge < -0.3 is 9.84 Å². The standard InChI is InChI=1S/C13H13NO4/c15-9-3-1-8(2-4-9)7-14-12(16)10-5-6-11(18-10)13(14)17/h1-4,10-11,15H,5-7H2. The second-order valence-corrected chi connectivity index (χ2v) is 4.62. The van der Waals surface area contributed by atoms with E-state index in [0.29, 0.717) is 12.8 Å². The van der Waals surface area contributed by atoms with Crippen LogP contribution in [0, 0.1) is 0 Å². The van der Waals surface area contributed by atoms with E-state index in [4.69, 9.17) is 4.74 Å². The van der Waals surface area contributed by atoms with Gasteiger partial charge in [-0.1, -0.05) is 12.1 Å². The molecule has 1 N–H and O–H groups in total. The molecule has 0 radical (unpaired) electrons. The van der Waals surface area contributed by atoms with E-state index in [1.165, 1.54) is 4.90 Å². The van der Waals surface area contributed by atoms with Crippen molar-refractivity contribution in [3.05, 3.63) is 29.8 Å². The molecular formula is C13H13NO4. The Kier molecular flexibility index (Phi) is 2.56. The van der Waals surface area contributed by atoms with E-state index in [9.17, 15) is 14.7 Å². The number of rotatable bonds is 2. The number of hydrogen-bond acceptors (Lipinski definition) is 4. The van der Waals surface area contributed by atoms with Gasteiger partial charge in [0.1, 0.15) is 18.0 Å². The van der Waals surface area contributed by atoms with Crippen molar-refractivity contribution < 1.29 is 19.4 Å². The Morgan fingerprint density at radius 2 is 1.67 bits per heavy atom. The summed E-state index contributed by atoms with van der Waals surface area (Å²) in [4.78, 5) is 25.3. The maximum Gasteiger partial charge on any atom is 0.258 e. The molecule has 2 bridgehead atoms. The second kappa shape index (κ2) is 4.10. The number of hydrogen-bond donors (Lipinski definition) is 1. The molecule has 0 aliphatic carbocycles. The van der Waals surface area contributed by atoms with Gasteiger partial charge in [0, 0.05) is 0 Å². The van der Waals surface area contributed by atoms with Crippen molar-refractivity contribution in [2.75, 3.05) is 0 Å². The summed E-state index contributed by atoms with van der Waals surface area (Å²) in [7, 11) is 0. The van der Waals surface area contributed by atoms with Gasteiger partial charge in [-0.15, -0.1) is 0 Å². The van der Waals surface area contributed by atoms with Crippen LogP contribution in [-0.4, -0.2) is 34.0 Å². The monoisotopic (exact) mass is 247 g/mol. The summed E-state index contributed by atoms with van der Waals surface area (Å²) in [5, 5.41) is 9.19. The summed E-state index contributed by atoms with van der Waals surface area (Å²) >= 11 is 0. The highest BCUT2D eigenvalue weighted by atomic mass is 16.5. The van der Waals surface area contributed by atoms with Gasteiger partial charge in [0.05, 0.1) is 6.54 Å². The van der Waals surface area contributed by atoms with Crippen LogP contribution in [0.5, 0.6) is 5.75 Å². The molecule has 1 aromatic carbocycles. The number of imide groups is 1. The highest BCUT2D eigenvalue weighted by Gasteiger charge is 2.46. The number of likely N-dealkylation sites (tertiary alicyclic amines) is 1. The molecule has 5 nitrogen and oxygen atoms in total. The lowest BCUT2D eigenvalue weighted by atomic mass is 10.2. The van der Waals surface area contributed by atoms with Crippen molar-refractivity contribution in [3.8, 4) is 5.75 Å². The van der Waals surface area contributed by atoms with Gasteiger partial charge in [-0.05, 0) is 30.5 Å². The third-order valence-electron chi connectivity index (χ3n) is 3.38. The number of nitrogens with zero attached hydrogens (tertiary/aromatic N) is 1. The first-order chi connectivity index (χ1) is 8.65. The minimum absolute atomic E-state index is 0.165. The number of phenolic OH excluding ortho intramolecular Hbond substituents is 1. The minimum Gasteiger partial charge on any atom is -0.508 e. The van der Waals surface area contributed by atoms with E-state index in [-0.39, 0.29) is 24.1 Å². The van der Waals surface area contributed by atoms with E-state index < -0.39 is 12.2 Å². The van der Waals surface area contributed by atoms with Crippen molar-refractivity contribution in [2.24, 2.45) is 0 Å². The normalized spacial score (nSPS) is 26.8. The van der Waals surface area contributed by atoms with Crippen LogP contribution in [0.4, 0.5) is 0 Å². The molecule has 2 aliphatic rings. The van der Waals surface area contributed by atoms with Crippen LogP contribution in [0.15, 0.2) is 24.3 Å². The second-order valence-electron chi connectivity index (χ2n) is 4.62. The Balaban J connectivity index is 1.81. The number of carbonyl (C=O) groups is 2. The molecule has 3 rings (SSSR count). The highest BCUT2D eigenvalue weighted by Crippen LogP contribution is 2.29. The quantitative estimate of drug-likeness (QED) is 0.785. The summed E-state index contributed by atoms with van der Waals surface area (Å²) in [6, 6.07) is 6.49. The minimum atomic E-state index is -0.454. The van der Waals surface area contributed by atoms with Gasteiger partial charge in [0.2, 0.25) is 0 Å². The molecular weight excluding hydrogens is 234 g/mol. The molecule has 2 heterocycles. The molecule has 2 amide bonds. The number of carbonyl (C=O) groups excluding carboxylic acids is 2. The number of phenols is 1. The predicted molar refractivity (Wildman–Crippen MR) is 61.6 cm³/mol. The first kappa shape index (κ1) is 11.2. The van der Waals surface area contributed by atoms with Gasteiger partial charge >= 0.3 is 0 Å². The van der Waals surface area contributed by atoms with Crippen LogP contribution in [0.25, 0.3) is 0 Å². The lowest BCUT2D eigenvalue weighted by Crippen LogP contribution is -2.51. The van der Waals surface area contributed by atoms with Gasteiger partial charge in [-0.25, -0.2) is 0 Å². The van der Waals surface area contributed by atoms with E-state index >= 15 is 0 Å². The number of fused-ring (bicyclic) bond motifs is 2. The lowest BCUT2D eigenvalue weighted by Gasteiger charge is -2.29. The number of amides is 2. The molecule has 0 saturated carbocycles. The molecule has 94 valence electrons. The topological polar surface area (TPSA) is 66.8 Å². The van der Waals surface area contributed by atoms with Gasteiger partial charge in [0.15, 0.2) is 0 Å². The van der Waals surface area contributed by atoms with Crippen molar-refractivity contribution in [3.63, 3.8) is 0 Å². The fourth-order valence-corrected chi connectivity index (χ4v) is 2.40. The van der Waals surface area contributed by atoms with Crippen LogP contribution >= 0.6 is 0 Å². The van der Waals surface area contributed by atoms with Gasteiger partial charge in [-0.3, -0.25) is 14.5 Å². The largest absolute Gasteiger partial charge is 0.508 e. The molecule has 2 saturated heterocycles. The summed E-state index contributed by atoms with van der Waals surface area (Å²) in [5.41, 5.74) is 0.816. The summed E-state index contributed by atoms with van der Waals surface area (Å²) in [6.45, 7) is 0.244. The van der Waals surface area contributed by atoms with E-state index in [0.717, 1.165) is 5.56 Å². The molecule has 18 heavy (non-hydrogen) atoms. The van der Waals surface area contributed by atoms with Crippen LogP contribution < -0.4 is 0 Å². The van der Waals surface area contributed by atoms with Crippen molar-refractivity contribution in [2.45, 2.75) is 31.6 Å². The SMILES string of the molecule is O=C1C2CCC(O2)C(=O)N1Cc1ccc(O)cc1. The van der Waals surface area contributed by atoms with Crippen LogP contribution in [0.3, 0.4) is 0 Å². The zero-order valence-electron chi connectivity index (χ0n) is 9.70. The molecule has 2 aliphatic heterocycles. The summed E-state index contributed by atoms with van der Waals surface area (Å²) in [5.74, 6) is -0.331. The molecule has 2 unspecified atom stereocenters. The van der Waals surface area contributed by atoms with Crippen molar-refractivity contribution >= 4 is 11.8 Å². The average Bonchev–Trinajstić information content (AvgIpc) is 2.82. The fourth-order valence-electron chi connectivity index (χ4n) is 2.40. The van der Waals surface area contributed by atoms with E-state index in [1.54, 1.807) is 24.3 Å². The highest BCUT2D eigenvalue weighted by molar-refractivity contribution is 6.02. The third kappa shape index (κ3) is 1.76.